The third-order valence-electron chi connectivity index (χ3n) is 3.53. The highest BCUT2D eigenvalue weighted by molar-refractivity contribution is 5.94. The first-order chi connectivity index (χ1) is 10.8. The molecule has 23 heavy (non-hydrogen) atoms. The van der Waals surface area contributed by atoms with Gasteiger partial charge in [-0.2, -0.15) is 0 Å². The molecule has 0 saturated carbocycles. The molecule has 128 valence electrons. The highest BCUT2D eigenvalue weighted by atomic mass is 19.1. The van der Waals surface area contributed by atoms with Crippen LogP contribution in [0.4, 0.5) is 13.2 Å². The van der Waals surface area contributed by atoms with Crippen LogP contribution in [0, 0.1) is 17.5 Å². The summed E-state index contributed by atoms with van der Waals surface area (Å²) in [6.07, 6.45) is 0. The lowest BCUT2D eigenvalue weighted by atomic mass is 10.1. The maximum Gasteiger partial charge on any atom is 0.257 e. The average molecular weight is 332 g/mol. The van der Waals surface area contributed by atoms with E-state index in [0.717, 1.165) is 0 Å². The first-order valence-corrected chi connectivity index (χ1v) is 7.24. The summed E-state index contributed by atoms with van der Waals surface area (Å²) in [5, 5.41) is 12.6. The summed E-state index contributed by atoms with van der Waals surface area (Å²) in [5.74, 6) is -4.71. The van der Waals surface area contributed by atoms with E-state index in [9.17, 15) is 23.1 Å². The summed E-state index contributed by atoms with van der Waals surface area (Å²) in [5.41, 5.74) is -2.14. The third-order valence-corrected chi connectivity index (χ3v) is 3.53. The average Bonchev–Trinajstić information content (AvgIpc) is 2.45. The van der Waals surface area contributed by atoms with Crippen molar-refractivity contribution in [2.24, 2.45) is 0 Å². The zero-order valence-electron chi connectivity index (χ0n) is 12.7. The first-order valence-electron chi connectivity index (χ1n) is 7.24. The fourth-order valence-corrected chi connectivity index (χ4v) is 2.42. The van der Waals surface area contributed by atoms with E-state index in [1.54, 1.807) is 0 Å². The van der Waals surface area contributed by atoms with Gasteiger partial charge < -0.3 is 15.2 Å². The molecule has 0 bridgehead atoms. The number of hydrogen-bond donors (Lipinski definition) is 2. The van der Waals surface area contributed by atoms with Crippen molar-refractivity contribution in [3.63, 3.8) is 0 Å². The number of ether oxygens (including phenoxy) is 1. The fourth-order valence-electron chi connectivity index (χ4n) is 2.42. The van der Waals surface area contributed by atoms with Gasteiger partial charge in [0.2, 0.25) is 0 Å². The Labute approximate surface area is 132 Å². The van der Waals surface area contributed by atoms with Gasteiger partial charge in [0, 0.05) is 38.3 Å². The molecular formula is C15H19F3N2O3. The van der Waals surface area contributed by atoms with Crippen LogP contribution in [-0.2, 0) is 4.74 Å². The number of halogens is 3. The number of rotatable bonds is 5. The molecule has 1 atom stereocenters. The van der Waals surface area contributed by atoms with Crippen LogP contribution in [0.3, 0.4) is 0 Å². The molecule has 0 aromatic heterocycles. The SMILES string of the molecule is CC(O)(CNC(=O)c1c(F)cc(F)cc1F)CN1CCOCC1. The largest absolute Gasteiger partial charge is 0.387 e. The molecule has 0 spiro atoms. The molecule has 0 radical (unpaired) electrons. The van der Waals surface area contributed by atoms with Crippen molar-refractivity contribution in [1.29, 1.82) is 0 Å². The maximum absolute atomic E-state index is 13.5. The van der Waals surface area contributed by atoms with Gasteiger partial charge in [0.25, 0.3) is 5.91 Å². The minimum absolute atomic E-state index is 0.195. The monoisotopic (exact) mass is 332 g/mol. The number of hydrogen-bond acceptors (Lipinski definition) is 4. The van der Waals surface area contributed by atoms with Crippen LogP contribution >= 0.6 is 0 Å². The zero-order chi connectivity index (χ0) is 17.0. The second-order valence-electron chi connectivity index (χ2n) is 5.81. The molecule has 2 rings (SSSR count). The molecule has 8 heteroatoms. The molecule has 1 unspecified atom stereocenters. The lowest BCUT2D eigenvalue weighted by molar-refractivity contribution is -0.0213. The van der Waals surface area contributed by atoms with E-state index in [2.05, 4.69) is 5.32 Å². The van der Waals surface area contributed by atoms with Crippen molar-refractivity contribution in [2.45, 2.75) is 12.5 Å². The summed E-state index contributed by atoms with van der Waals surface area (Å²) < 4.78 is 45.1. The van der Waals surface area contributed by atoms with E-state index >= 15 is 0 Å². The fraction of sp³-hybridized carbons (Fsp3) is 0.533. The molecule has 2 N–H and O–H groups in total. The summed E-state index contributed by atoms with van der Waals surface area (Å²) in [6.45, 7) is 4.05. The van der Waals surface area contributed by atoms with Crippen molar-refractivity contribution in [3.8, 4) is 0 Å². The van der Waals surface area contributed by atoms with Crippen LogP contribution < -0.4 is 5.32 Å². The van der Waals surface area contributed by atoms with E-state index in [1.165, 1.54) is 6.92 Å². The van der Waals surface area contributed by atoms with Gasteiger partial charge in [0.15, 0.2) is 0 Å². The predicted octanol–water partition coefficient (Wildman–Crippen LogP) is 0.917. The zero-order valence-corrected chi connectivity index (χ0v) is 12.7. The molecule has 5 nitrogen and oxygen atoms in total. The van der Waals surface area contributed by atoms with Gasteiger partial charge in [-0.05, 0) is 6.92 Å². The Morgan fingerprint density at radius 3 is 2.43 bits per heavy atom. The summed E-state index contributed by atoms with van der Waals surface area (Å²) in [6, 6.07) is 0.869. The summed E-state index contributed by atoms with van der Waals surface area (Å²) in [4.78, 5) is 13.8. The minimum atomic E-state index is -1.28. The molecule has 1 fully saturated rings. The Morgan fingerprint density at radius 1 is 1.30 bits per heavy atom. The minimum Gasteiger partial charge on any atom is -0.387 e. The molecule has 1 saturated heterocycles. The van der Waals surface area contributed by atoms with Gasteiger partial charge in [0.1, 0.15) is 23.0 Å². The second-order valence-corrected chi connectivity index (χ2v) is 5.81. The smallest absolute Gasteiger partial charge is 0.257 e. The molecular weight excluding hydrogens is 313 g/mol. The third kappa shape index (κ3) is 4.92. The molecule has 1 aliphatic heterocycles. The molecule has 1 heterocycles. The number of nitrogens with one attached hydrogen (secondary N) is 1. The van der Waals surface area contributed by atoms with Crippen molar-refractivity contribution in [1.82, 2.24) is 10.2 Å². The van der Waals surface area contributed by atoms with E-state index in [4.69, 9.17) is 4.74 Å². The number of nitrogens with zero attached hydrogens (tertiary/aromatic N) is 1. The lowest BCUT2D eigenvalue weighted by Crippen LogP contribution is -2.51. The quantitative estimate of drug-likeness (QED) is 0.842. The van der Waals surface area contributed by atoms with Crippen LogP contribution in [0.5, 0.6) is 0 Å². The number of carbonyl (C=O) groups excluding carboxylic acids is 1. The molecule has 0 aliphatic carbocycles. The van der Waals surface area contributed by atoms with Gasteiger partial charge in [-0.15, -0.1) is 0 Å². The first kappa shape index (κ1) is 17.7. The number of morpholine rings is 1. The Kier molecular flexibility index (Phi) is 5.61. The Balaban J connectivity index is 1.95. The molecule has 1 aromatic rings. The van der Waals surface area contributed by atoms with Crippen molar-refractivity contribution in [2.75, 3.05) is 39.4 Å². The maximum atomic E-state index is 13.5. The predicted molar refractivity (Wildman–Crippen MR) is 76.5 cm³/mol. The van der Waals surface area contributed by atoms with Crippen molar-refractivity contribution < 1.29 is 27.8 Å². The molecule has 1 aromatic carbocycles. The van der Waals surface area contributed by atoms with E-state index in [-0.39, 0.29) is 13.1 Å². The molecule has 1 amide bonds. The highest BCUT2D eigenvalue weighted by Gasteiger charge is 2.27. The van der Waals surface area contributed by atoms with Gasteiger partial charge in [-0.3, -0.25) is 9.69 Å². The Morgan fingerprint density at radius 2 is 1.87 bits per heavy atom. The van der Waals surface area contributed by atoms with Crippen LogP contribution in [-0.4, -0.2) is 60.9 Å². The van der Waals surface area contributed by atoms with Crippen LogP contribution in [0.25, 0.3) is 0 Å². The van der Waals surface area contributed by atoms with Crippen LogP contribution in [0.15, 0.2) is 12.1 Å². The van der Waals surface area contributed by atoms with E-state index in [1.807, 2.05) is 4.90 Å². The van der Waals surface area contributed by atoms with E-state index < -0.39 is 34.5 Å². The number of carbonyl (C=O) groups is 1. The van der Waals surface area contributed by atoms with Crippen molar-refractivity contribution >= 4 is 5.91 Å². The normalized spacial score (nSPS) is 18.5. The number of aliphatic hydroxyl groups is 1. The Hall–Kier alpha value is -1.64. The molecule has 1 aliphatic rings. The van der Waals surface area contributed by atoms with Gasteiger partial charge in [-0.1, -0.05) is 0 Å². The van der Waals surface area contributed by atoms with E-state index in [0.29, 0.717) is 38.4 Å². The topological polar surface area (TPSA) is 61.8 Å². The second kappa shape index (κ2) is 7.29. The van der Waals surface area contributed by atoms with Gasteiger partial charge in [-0.25, -0.2) is 13.2 Å². The van der Waals surface area contributed by atoms with Crippen LogP contribution in [0.1, 0.15) is 17.3 Å². The van der Waals surface area contributed by atoms with Gasteiger partial charge >= 0.3 is 0 Å². The lowest BCUT2D eigenvalue weighted by Gasteiger charge is -2.33. The standard InChI is InChI=1S/C15H19F3N2O3/c1-15(22,9-20-2-4-23-5-3-20)8-19-14(21)13-11(17)6-10(16)7-12(13)18/h6-7,22H,2-5,8-9H2,1H3,(H,19,21). The summed E-state index contributed by atoms with van der Waals surface area (Å²) in [7, 11) is 0. The Bertz CT molecular complexity index is 552. The number of amides is 1. The number of β-amino-alcohol motifs (C(OH)–C–C–N with tert-alkyl or cyclic N) is 1. The van der Waals surface area contributed by atoms with Gasteiger partial charge in [0.05, 0.1) is 18.8 Å². The summed E-state index contributed by atoms with van der Waals surface area (Å²) >= 11 is 0. The van der Waals surface area contributed by atoms with Crippen LogP contribution in [0.2, 0.25) is 0 Å². The number of benzene rings is 1. The highest BCUT2D eigenvalue weighted by Crippen LogP contribution is 2.15. The van der Waals surface area contributed by atoms with Crippen molar-refractivity contribution in [3.05, 3.63) is 35.1 Å².